The summed E-state index contributed by atoms with van der Waals surface area (Å²) in [5.74, 6) is -0.497. The molecule has 2 aliphatic rings. The van der Waals surface area contributed by atoms with Gasteiger partial charge in [-0.05, 0) is 117 Å². The minimum absolute atomic E-state index is 0.0699. The molecule has 1 atom stereocenters. The number of nitrogens with one attached hydrogen (secondary N) is 1. The van der Waals surface area contributed by atoms with Gasteiger partial charge in [-0.25, -0.2) is 0 Å². The molecule has 33 heavy (non-hydrogen) atoms. The summed E-state index contributed by atoms with van der Waals surface area (Å²) in [5.41, 5.74) is 7.32. The first-order chi connectivity index (χ1) is 15.4. The van der Waals surface area contributed by atoms with Crippen LogP contribution in [0, 0.1) is 20.8 Å². The third-order valence-corrected chi connectivity index (χ3v) is 7.46. The van der Waals surface area contributed by atoms with Crippen molar-refractivity contribution in [3.63, 3.8) is 0 Å². The van der Waals surface area contributed by atoms with Gasteiger partial charge in [0.15, 0.2) is 5.11 Å². The van der Waals surface area contributed by atoms with E-state index in [1.807, 2.05) is 39.0 Å². The number of fused-ring (bicyclic) bond motifs is 1. The molecule has 5 nitrogen and oxygen atoms in total. The van der Waals surface area contributed by atoms with E-state index in [4.69, 9.17) is 12.2 Å². The maximum absolute atomic E-state index is 13.5. The van der Waals surface area contributed by atoms with Crippen LogP contribution in [0.4, 0.5) is 11.4 Å². The number of benzene rings is 2. The molecule has 0 aliphatic carbocycles. The highest BCUT2D eigenvalue weighted by Gasteiger charge is 2.36. The molecule has 1 unspecified atom stereocenters. The third-order valence-electron chi connectivity index (χ3n) is 7.17. The predicted octanol–water partition coefficient (Wildman–Crippen LogP) is 5.17. The summed E-state index contributed by atoms with van der Waals surface area (Å²) in [5, 5.41) is 2.79. The molecule has 172 valence electrons. The summed E-state index contributed by atoms with van der Waals surface area (Å²) in [6, 6.07) is 10.0. The summed E-state index contributed by atoms with van der Waals surface area (Å²) >= 11 is 5.35. The number of carbonyl (C=O) groups is 2. The number of anilines is 2. The van der Waals surface area contributed by atoms with Gasteiger partial charge in [-0.1, -0.05) is 13.0 Å². The molecule has 2 aliphatic heterocycles. The SMILES string of the molecule is Cc1ccc(N2C(=O)/C(=C\c3cc4c(cc3C)N(C)C(C)(C)CC4C)C(=O)NC2=S)cc1C. The van der Waals surface area contributed by atoms with Gasteiger partial charge in [-0.2, -0.15) is 0 Å². The van der Waals surface area contributed by atoms with Crippen LogP contribution >= 0.6 is 12.2 Å². The molecule has 0 spiro atoms. The van der Waals surface area contributed by atoms with E-state index in [2.05, 4.69) is 50.2 Å². The lowest BCUT2D eigenvalue weighted by Crippen LogP contribution is -2.54. The van der Waals surface area contributed by atoms with Gasteiger partial charge in [0.1, 0.15) is 5.57 Å². The quantitative estimate of drug-likeness (QED) is 0.381. The fourth-order valence-electron chi connectivity index (χ4n) is 4.80. The number of nitrogens with zero attached hydrogens (tertiary/aromatic N) is 2. The van der Waals surface area contributed by atoms with E-state index in [-0.39, 0.29) is 16.2 Å². The Morgan fingerprint density at radius 1 is 1.06 bits per heavy atom. The molecular formula is C27H31N3O2S. The maximum atomic E-state index is 13.5. The maximum Gasteiger partial charge on any atom is 0.270 e. The highest BCUT2D eigenvalue weighted by atomic mass is 32.1. The lowest BCUT2D eigenvalue weighted by molar-refractivity contribution is -0.122. The summed E-state index contributed by atoms with van der Waals surface area (Å²) in [4.78, 5) is 30.0. The molecule has 2 amide bonds. The Morgan fingerprint density at radius 3 is 2.42 bits per heavy atom. The fourth-order valence-corrected chi connectivity index (χ4v) is 5.08. The predicted molar refractivity (Wildman–Crippen MR) is 139 cm³/mol. The van der Waals surface area contributed by atoms with Crippen LogP contribution in [0.3, 0.4) is 0 Å². The first kappa shape index (κ1) is 23.2. The Hall–Kier alpha value is -2.99. The van der Waals surface area contributed by atoms with Crippen molar-refractivity contribution < 1.29 is 9.59 Å². The van der Waals surface area contributed by atoms with Crippen molar-refractivity contribution in [1.29, 1.82) is 0 Å². The average Bonchev–Trinajstić information content (AvgIpc) is 2.72. The van der Waals surface area contributed by atoms with Crippen LogP contribution in [0.15, 0.2) is 35.9 Å². The molecule has 0 radical (unpaired) electrons. The van der Waals surface area contributed by atoms with Gasteiger partial charge in [0.05, 0.1) is 5.69 Å². The molecular weight excluding hydrogens is 430 g/mol. The first-order valence-electron chi connectivity index (χ1n) is 11.3. The molecule has 0 saturated carbocycles. The molecule has 1 N–H and O–H groups in total. The van der Waals surface area contributed by atoms with E-state index < -0.39 is 11.8 Å². The van der Waals surface area contributed by atoms with Crippen molar-refractivity contribution in [1.82, 2.24) is 5.32 Å². The van der Waals surface area contributed by atoms with E-state index >= 15 is 0 Å². The van der Waals surface area contributed by atoms with Gasteiger partial charge in [0, 0.05) is 18.3 Å². The van der Waals surface area contributed by atoms with Crippen LogP contribution in [0.5, 0.6) is 0 Å². The third kappa shape index (κ3) is 3.97. The van der Waals surface area contributed by atoms with Gasteiger partial charge < -0.3 is 4.90 Å². The van der Waals surface area contributed by atoms with Crippen molar-refractivity contribution >= 4 is 46.6 Å². The van der Waals surface area contributed by atoms with Crippen molar-refractivity contribution in [3.05, 3.63) is 63.7 Å². The standard InChI is InChI=1S/C27H31N3O2S/c1-15-8-9-20(10-16(15)2)30-25(32)22(24(31)28-26(30)33)13-19-12-21-18(4)14-27(5,6)29(7)23(21)11-17(19)3/h8-13,18H,14H2,1-7H3,(H,28,31,33)/b22-13-. The van der Waals surface area contributed by atoms with E-state index in [0.717, 1.165) is 28.7 Å². The molecule has 6 heteroatoms. The lowest BCUT2D eigenvalue weighted by atomic mass is 9.79. The number of hydrogen-bond donors (Lipinski definition) is 1. The topological polar surface area (TPSA) is 52.7 Å². The molecule has 0 bridgehead atoms. The molecule has 2 heterocycles. The van der Waals surface area contributed by atoms with Crippen LogP contribution in [-0.4, -0.2) is 29.5 Å². The fraction of sp³-hybridized carbons (Fsp3) is 0.370. The minimum atomic E-state index is -0.464. The first-order valence-corrected chi connectivity index (χ1v) is 11.7. The summed E-state index contributed by atoms with van der Waals surface area (Å²) in [6.45, 7) is 12.8. The van der Waals surface area contributed by atoms with Crippen molar-refractivity contribution in [2.45, 2.75) is 59.4 Å². The van der Waals surface area contributed by atoms with Gasteiger partial charge in [-0.15, -0.1) is 0 Å². The second-order valence-electron chi connectivity index (χ2n) is 9.97. The zero-order valence-electron chi connectivity index (χ0n) is 20.4. The number of thiocarbonyl (C=S) groups is 1. The number of rotatable bonds is 2. The van der Waals surface area contributed by atoms with E-state index in [0.29, 0.717) is 11.6 Å². The number of carbonyl (C=O) groups excluding carboxylic acids is 2. The van der Waals surface area contributed by atoms with E-state index in [1.54, 1.807) is 6.08 Å². The van der Waals surface area contributed by atoms with Crippen molar-refractivity contribution in [3.8, 4) is 0 Å². The second kappa shape index (κ2) is 8.10. The molecule has 1 saturated heterocycles. The smallest absolute Gasteiger partial charge is 0.270 e. The zero-order valence-corrected chi connectivity index (χ0v) is 21.2. The minimum Gasteiger partial charge on any atom is -0.369 e. The van der Waals surface area contributed by atoms with Crippen LogP contribution in [-0.2, 0) is 9.59 Å². The zero-order chi connectivity index (χ0) is 24.2. The highest BCUT2D eigenvalue weighted by molar-refractivity contribution is 7.80. The Balaban J connectivity index is 1.77. The molecule has 4 rings (SSSR count). The Bertz CT molecular complexity index is 1230. The summed E-state index contributed by atoms with van der Waals surface area (Å²) < 4.78 is 0. The van der Waals surface area contributed by atoms with Gasteiger partial charge in [0.2, 0.25) is 0 Å². The van der Waals surface area contributed by atoms with Crippen LogP contribution < -0.4 is 15.1 Å². The van der Waals surface area contributed by atoms with Crippen molar-refractivity contribution in [2.24, 2.45) is 0 Å². The molecule has 0 aromatic heterocycles. The van der Waals surface area contributed by atoms with Crippen molar-refractivity contribution in [2.75, 3.05) is 16.8 Å². The van der Waals surface area contributed by atoms with Gasteiger partial charge >= 0.3 is 0 Å². The van der Waals surface area contributed by atoms with Crippen LogP contribution in [0.25, 0.3) is 6.08 Å². The van der Waals surface area contributed by atoms with E-state index in [9.17, 15) is 9.59 Å². The highest BCUT2D eigenvalue weighted by Crippen LogP contribution is 2.43. The van der Waals surface area contributed by atoms with Crippen LogP contribution in [0.2, 0.25) is 0 Å². The monoisotopic (exact) mass is 461 g/mol. The molecule has 2 aromatic rings. The molecule has 2 aromatic carbocycles. The Labute approximate surface area is 201 Å². The molecule has 1 fully saturated rings. The van der Waals surface area contributed by atoms with Gasteiger partial charge in [-0.3, -0.25) is 19.8 Å². The average molecular weight is 462 g/mol. The van der Waals surface area contributed by atoms with E-state index in [1.165, 1.54) is 16.2 Å². The lowest BCUT2D eigenvalue weighted by Gasteiger charge is -2.45. The number of aryl methyl sites for hydroxylation is 3. The summed E-state index contributed by atoms with van der Waals surface area (Å²) in [7, 11) is 2.13. The van der Waals surface area contributed by atoms with Crippen LogP contribution in [0.1, 0.15) is 60.9 Å². The number of amides is 2. The largest absolute Gasteiger partial charge is 0.369 e. The Kier molecular flexibility index (Phi) is 5.69. The normalized spacial score (nSPS) is 21.4. The summed E-state index contributed by atoms with van der Waals surface area (Å²) in [6.07, 6.45) is 2.74. The number of hydrogen-bond acceptors (Lipinski definition) is 4. The Morgan fingerprint density at radius 2 is 1.76 bits per heavy atom. The van der Waals surface area contributed by atoms with Gasteiger partial charge in [0.25, 0.3) is 11.8 Å². The second-order valence-corrected chi connectivity index (χ2v) is 10.4.